The fourth-order valence-electron chi connectivity index (χ4n) is 5.35. The Balaban J connectivity index is 0.00000405. The number of aryl methyl sites for hydroxylation is 2. The van der Waals surface area contributed by atoms with Crippen LogP contribution in [0.4, 0.5) is 28.9 Å². The van der Waals surface area contributed by atoms with E-state index in [1.807, 2.05) is 24.8 Å². The molecule has 224 valence electrons. The molecule has 0 radical (unpaired) electrons. The van der Waals surface area contributed by atoms with Gasteiger partial charge < -0.3 is 14.5 Å². The monoisotopic (exact) mass is 624 g/mol. The number of benzene rings is 2. The zero-order chi connectivity index (χ0) is 29.3. The van der Waals surface area contributed by atoms with Crippen molar-refractivity contribution in [1.29, 1.82) is 0 Å². The van der Waals surface area contributed by atoms with Crippen molar-refractivity contribution in [3.63, 3.8) is 0 Å². The van der Waals surface area contributed by atoms with Crippen LogP contribution in [-0.2, 0) is 12.8 Å². The predicted molar refractivity (Wildman–Crippen MR) is 158 cm³/mol. The lowest BCUT2D eigenvalue weighted by Gasteiger charge is -2.42. The lowest BCUT2D eigenvalue weighted by atomic mass is 10.0. The highest BCUT2D eigenvalue weighted by Gasteiger charge is 2.31. The summed E-state index contributed by atoms with van der Waals surface area (Å²) in [5.74, 6) is -0.697. The maximum absolute atomic E-state index is 15.3. The predicted octanol–water partition coefficient (Wildman–Crippen LogP) is 7.54. The highest BCUT2D eigenvalue weighted by molar-refractivity contribution is 6.30. The number of nitrogens with zero attached hydrogens (tertiary/aromatic N) is 4. The van der Waals surface area contributed by atoms with Crippen molar-refractivity contribution in [2.75, 3.05) is 29.4 Å². The van der Waals surface area contributed by atoms with Gasteiger partial charge in [-0.2, -0.15) is 0 Å². The molecule has 0 aliphatic carbocycles. The fraction of sp³-hybridized carbons (Fsp3) is 0.333. The third-order valence-corrected chi connectivity index (χ3v) is 7.52. The van der Waals surface area contributed by atoms with E-state index in [9.17, 15) is 18.0 Å². The number of anilines is 2. The number of imidazole rings is 1. The first-order valence-electron chi connectivity index (χ1n) is 13.4. The Morgan fingerprint density at radius 3 is 2.48 bits per heavy atom. The molecule has 0 spiro atoms. The molecular formula is C30H30Cl2F4N4O2. The summed E-state index contributed by atoms with van der Waals surface area (Å²) in [4.78, 5) is 21.7. The number of pyridine rings is 1. The van der Waals surface area contributed by atoms with E-state index in [4.69, 9.17) is 11.6 Å². The van der Waals surface area contributed by atoms with E-state index in [-0.39, 0.29) is 42.2 Å². The third-order valence-electron chi connectivity index (χ3n) is 7.28. The highest BCUT2D eigenvalue weighted by Crippen LogP contribution is 2.30. The van der Waals surface area contributed by atoms with Crippen molar-refractivity contribution in [2.45, 2.75) is 45.5 Å². The average Bonchev–Trinajstić information content (AvgIpc) is 3.29. The minimum Gasteiger partial charge on any atom is -0.406 e. The summed E-state index contributed by atoms with van der Waals surface area (Å²) in [5.41, 5.74) is 3.83. The van der Waals surface area contributed by atoms with Crippen molar-refractivity contribution in [3.8, 4) is 5.75 Å². The molecule has 1 fully saturated rings. The molecule has 4 aromatic rings. The van der Waals surface area contributed by atoms with Crippen LogP contribution in [0.5, 0.6) is 5.75 Å². The summed E-state index contributed by atoms with van der Waals surface area (Å²) in [6.07, 6.45) is -1.79. The summed E-state index contributed by atoms with van der Waals surface area (Å²) >= 11 is 6.08. The van der Waals surface area contributed by atoms with Crippen LogP contribution >= 0.6 is 24.0 Å². The Bertz CT molecular complexity index is 1560. The molecule has 1 aliphatic rings. The van der Waals surface area contributed by atoms with Crippen LogP contribution in [0, 0.1) is 5.82 Å². The van der Waals surface area contributed by atoms with Crippen molar-refractivity contribution in [1.82, 2.24) is 9.38 Å². The summed E-state index contributed by atoms with van der Waals surface area (Å²) in [7, 11) is 0. The maximum atomic E-state index is 15.3. The van der Waals surface area contributed by atoms with Gasteiger partial charge in [-0.3, -0.25) is 9.20 Å². The molecule has 42 heavy (non-hydrogen) atoms. The van der Waals surface area contributed by atoms with Crippen LogP contribution < -0.4 is 14.5 Å². The van der Waals surface area contributed by atoms with Gasteiger partial charge in [0.25, 0.3) is 0 Å². The van der Waals surface area contributed by atoms with Gasteiger partial charge in [0.2, 0.25) is 0 Å². The van der Waals surface area contributed by atoms with Crippen molar-refractivity contribution >= 4 is 46.8 Å². The number of aromatic nitrogens is 2. The van der Waals surface area contributed by atoms with E-state index in [2.05, 4.69) is 14.6 Å². The number of carbonyl (C=O) groups excluding carboxylic acids is 1. The smallest absolute Gasteiger partial charge is 0.406 e. The van der Waals surface area contributed by atoms with Gasteiger partial charge in [0.05, 0.1) is 11.4 Å². The Kier molecular flexibility index (Phi) is 9.57. The van der Waals surface area contributed by atoms with Crippen LogP contribution in [0.2, 0.25) is 5.02 Å². The fourth-order valence-corrected chi connectivity index (χ4v) is 5.50. The van der Waals surface area contributed by atoms with Crippen LogP contribution in [0.15, 0.2) is 60.8 Å². The number of hydrogen-bond acceptors (Lipinski definition) is 5. The van der Waals surface area contributed by atoms with Gasteiger partial charge in [0.15, 0.2) is 5.78 Å². The second-order valence-corrected chi connectivity index (χ2v) is 10.5. The summed E-state index contributed by atoms with van der Waals surface area (Å²) in [6.45, 7) is 5.58. The molecule has 0 saturated carbocycles. The molecule has 6 nitrogen and oxygen atoms in total. The van der Waals surface area contributed by atoms with Gasteiger partial charge >= 0.3 is 6.36 Å². The first-order chi connectivity index (χ1) is 19.5. The molecular weight excluding hydrogens is 595 g/mol. The number of halogens is 6. The maximum Gasteiger partial charge on any atom is 0.573 e. The number of Topliss-reactive ketones (excluding diaryl/α,β-unsaturated/α-hetero) is 1. The van der Waals surface area contributed by atoms with Crippen molar-refractivity contribution < 1.29 is 27.1 Å². The second kappa shape index (κ2) is 12.8. The second-order valence-electron chi connectivity index (χ2n) is 10.1. The molecule has 0 amide bonds. The van der Waals surface area contributed by atoms with E-state index in [0.29, 0.717) is 60.2 Å². The largest absolute Gasteiger partial charge is 0.573 e. The van der Waals surface area contributed by atoms with E-state index >= 15 is 4.39 Å². The van der Waals surface area contributed by atoms with E-state index in [1.54, 1.807) is 40.9 Å². The van der Waals surface area contributed by atoms with E-state index < -0.39 is 6.36 Å². The first kappa shape index (κ1) is 31.4. The zero-order valence-electron chi connectivity index (χ0n) is 23.0. The molecule has 12 heteroatoms. The Morgan fingerprint density at radius 2 is 1.83 bits per heavy atom. The Hall–Kier alpha value is -3.50. The lowest BCUT2D eigenvalue weighted by molar-refractivity contribution is -0.274. The highest BCUT2D eigenvalue weighted by atomic mass is 35.5. The molecule has 0 unspecified atom stereocenters. The molecule has 3 heterocycles. The topological polar surface area (TPSA) is 50.1 Å². The molecule has 1 aliphatic heterocycles. The minimum absolute atomic E-state index is 0. The number of ketones is 1. The summed E-state index contributed by atoms with van der Waals surface area (Å²) < 4.78 is 58.3. The molecule has 0 bridgehead atoms. The number of rotatable bonds is 8. The number of carbonyl (C=O) groups is 1. The van der Waals surface area contributed by atoms with Gasteiger partial charge in [-0.05, 0) is 67.8 Å². The van der Waals surface area contributed by atoms with E-state index in [1.165, 1.54) is 18.2 Å². The third kappa shape index (κ3) is 6.93. The lowest BCUT2D eigenvalue weighted by Crippen LogP contribution is -2.52. The van der Waals surface area contributed by atoms with Crippen LogP contribution in [0.3, 0.4) is 0 Å². The zero-order valence-corrected chi connectivity index (χ0v) is 24.6. The molecule has 5 rings (SSSR count). The van der Waals surface area contributed by atoms with Gasteiger partial charge in [-0.25, -0.2) is 9.37 Å². The van der Waals surface area contributed by atoms with Gasteiger partial charge in [-0.15, -0.1) is 25.6 Å². The van der Waals surface area contributed by atoms with E-state index in [0.717, 1.165) is 11.3 Å². The molecule has 1 atom stereocenters. The first-order valence-corrected chi connectivity index (χ1v) is 13.8. The van der Waals surface area contributed by atoms with Crippen molar-refractivity contribution in [3.05, 3.63) is 88.6 Å². The number of hydrogen-bond donors (Lipinski definition) is 0. The quantitative estimate of drug-likeness (QED) is 0.150. The van der Waals surface area contributed by atoms with Gasteiger partial charge in [-0.1, -0.05) is 24.6 Å². The SMILES string of the molecule is CCc1nc2cc(Cl)ccn2c1C(=O)CCc1ccc(N2CCN(c3ccc(OC(F)(F)F)cc3)[C@H](C)C2)c(F)c1.Cl. The summed E-state index contributed by atoms with van der Waals surface area (Å²) in [6, 6.07) is 14.3. The van der Waals surface area contributed by atoms with Crippen LogP contribution in [0.1, 0.15) is 42.0 Å². The summed E-state index contributed by atoms with van der Waals surface area (Å²) in [5, 5.41) is 0.545. The van der Waals surface area contributed by atoms with Gasteiger partial charge in [0, 0.05) is 55.1 Å². The minimum atomic E-state index is -4.74. The van der Waals surface area contributed by atoms with Crippen LogP contribution in [0.25, 0.3) is 5.65 Å². The number of fused-ring (bicyclic) bond motifs is 1. The average molecular weight is 625 g/mol. The molecule has 2 aromatic carbocycles. The molecule has 1 saturated heterocycles. The molecule has 0 N–H and O–H groups in total. The number of ether oxygens (including phenoxy) is 1. The van der Waals surface area contributed by atoms with Gasteiger partial charge in [0.1, 0.15) is 22.9 Å². The Morgan fingerprint density at radius 1 is 1.10 bits per heavy atom. The molecule has 2 aromatic heterocycles. The standard InChI is InChI=1S/C30H29ClF4N4O2.ClH/c1-3-25-29(39-13-12-21(31)17-28(39)36-25)27(40)11-5-20-4-10-26(24(32)16-20)37-14-15-38(19(2)18-37)22-6-8-23(9-7-22)41-30(33,34)35;/h4,6-10,12-13,16-17,19H,3,5,11,14-15,18H2,1-2H3;1H/t19-;/m1./s1. The van der Waals surface area contributed by atoms with Crippen molar-refractivity contribution in [2.24, 2.45) is 0 Å². The number of piperazine rings is 1. The number of alkyl halides is 3. The van der Waals surface area contributed by atoms with Crippen LogP contribution in [-0.4, -0.2) is 47.2 Å². The normalized spacial score (nSPS) is 15.5. The Labute approximate surface area is 252 Å².